The molecule has 0 atom stereocenters. The Morgan fingerprint density at radius 1 is 0.850 bits per heavy atom. The summed E-state index contributed by atoms with van der Waals surface area (Å²) >= 11 is 0. The number of nitriles is 6. The van der Waals surface area contributed by atoms with Gasteiger partial charge in [-0.1, -0.05) is 0 Å². The van der Waals surface area contributed by atoms with Crippen molar-refractivity contribution in [3.8, 4) is 36.4 Å². The van der Waals surface area contributed by atoms with Crippen molar-refractivity contribution in [2.45, 2.75) is 13.5 Å². The van der Waals surface area contributed by atoms with Gasteiger partial charge >= 0.3 is 0 Å². The fraction of sp³-hybridized carbons (Fsp3) is 0.250. The normalized spacial score (nSPS) is 5.40. The van der Waals surface area contributed by atoms with E-state index in [4.69, 9.17) is 31.6 Å². The summed E-state index contributed by atoms with van der Waals surface area (Å²) in [4.78, 5) is 0. The molecule has 0 N–H and O–H groups in total. The van der Waals surface area contributed by atoms with Gasteiger partial charge in [0.25, 0.3) is 0 Å². The van der Waals surface area contributed by atoms with Crippen LogP contribution in [-0.4, -0.2) is 4.57 Å². The minimum absolute atomic E-state index is 1.06. The van der Waals surface area contributed by atoms with Crippen LogP contribution in [0, 0.1) is 68.0 Å². The summed E-state index contributed by atoms with van der Waals surface area (Å²) < 4.78 is 4.16. The number of nitrogens with zero attached hydrogens (tertiary/aromatic N) is 8. The molecule has 0 unspecified atom stereocenters. The number of aromatic nitrogens is 2. The Bertz CT molecular complexity index is 508. The van der Waals surface area contributed by atoms with E-state index < -0.39 is 0 Å². The predicted octanol–water partition coefficient (Wildman–Crippen LogP) is 0.433. The summed E-state index contributed by atoms with van der Waals surface area (Å²) in [5.41, 5.74) is 0. The molecule has 1 rings (SSSR count). The maximum absolute atomic E-state index is 7.26. The van der Waals surface area contributed by atoms with Crippen molar-refractivity contribution in [3.63, 3.8) is 0 Å². The van der Waals surface area contributed by atoms with E-state index in [1.165, 1.54) is 36.4 Å². The van der Waals surface area contributed by atoms with Gasteiger partial charge < -0.3 is 0 Å². The third kappa shape index (κ3) is 23.8. The maximum Gasteiger partial charge on any atom is 0.243 e. The second kappa shape index (κ2) is 20.5. The van der Waals surface area contributed by atoms with Crippen LogP contribution < -0.4 is 4.57 Å². The fourth-order valence-electron chi connectivity index (χ4n) is 0.689. The van der Waals surface area contributed by atoms with E-state index in [0.717, 1.165) is 6.54 Å². The molecule has 0 radical (unpaired) electrons. The standard InChI is InChI=1S/C6H11N2.3C2N2/c1-3-8-5-4-7(2)6-8;3*3-1-2-4/h4-6H,3H2,1-2H3;;;/q+1;;;. The first-order valence-electron chi connectivity index (χ1n) is 4.93. The topological polar surface area (TPSA) is 152 Å². The molecule has 0 aromatic carbocycles. The lowest BCUT2D eigenvalue weighted by molar-refractivity contribution is -0.671. The molecule has 1 aromatic rings. The molecule has 1 aromatic heterocycles. The Hall–Kier alpha value is -3.85. The van der Waals surface area contributed by atoms with Gasteiger partial charge in [-0.25, -0.2) is 9.13 Å². The first kappa shape index (κ1) is 21.4. The Morgan fingerprint density at radius 2 is 1.20 bits per heavy atom. The van der Waals surface area contributed by atoms with E-state index in [-0.39, 0.29) is 0 Å². The monoisotopic (exact) mass is 267 g/mol. The van der Waals surface area contributed by atoms with Gasteiger partial charge in [-0.2, -0.15) is 31.6 Å². The molecule has 0 aliphatic heterocycles. The summed E-state index contributed by atoms with van der Waals surface area (Å²) in [5, 5.41) is 43.6. The van der Waals surface area contributed by atoms with E-state index in [9.17, 15) is 0 Å². The lowest BCUT2D eigenvalue weighted by Gasteiger charge is -1.81. The van der Waals surface area contributed by atoms with Gasteiger partial charge in [0.2, 0.25) is 6.33 Å². The highest BCUT2D eigenvalue weighted by Gasteiger charge is 1.92. The molecule has 0 bridgehead atoms. The Labute approximate surface area is 117 Å². The molecule has 0 saturated carbocycles. The van der Waals surface area contributed by atoms with Crippen molar-refractivity contribution < 1.29 is 4.57 Å². The van der Waals surface area contributed by atoms with Crippen LogP contribution in [0.4, 0.5) is 0 Å². The fourth-order valence-corrected chi connectivity index (χ4v) is 0.689. The molecule has 0 amide bonds. The van der Waals surface area contributed by atoms with Crippen LogP contribution in [0.25, 0.3) is 0 Å². The smallest absolute Gasteiger partial charge is 0.240 e. The van der Waals surface area contributed by atoms with Gasteiger partial charge in [-0.15, -0.1) is 0 Å². The van der Waals surface area contributed by atoms with Crippen molar-refractivity contribution in [2.24, 2.45) is 7.05 Å². The summed E-state index contributed by atoms with van der Waals surface area (Å²) in [5.74, 6) is 0. The van der Waals surface area contributed by atoms with Gasteiger partial charge in [-0.3, -0.25) is 0 Å². The largest absolute Gasteiger partial charge is 0.243 e. The molecule has 1 heterocycles. The molecule has 20 heavy (non-hydrogen) atoms. The molecule has 8 nitrogen and oxygen atoms in total. The van der Waals surface area contributed by atoms with Crippen LogP contribution >= 0.6 is 0 Å². The molecule has 0 spiro atoms. The van der Waals surface area contributed by atoms with Crippen molar-refractivity contribution in [1.82, 2.24) is 4.57 Å². The van der Waals surface area contributed by atoms with Crippen LogP contribution in [0.2, 0.25) is 0 Å². The molecular weight excluding hydrogens is 256 g/mol. The number of imidazole rings is 1. The quantitative estimate of drug-likeness (QED) is 0.672. The zero-order valence-electron chi connectivity index (χ0n) is 11.0. The molecule has 8 heteroatoms. The number of hydrogen-bond acceptors (Lipinski definition) is 6. The Kier molecular flexibility index (Phi) is 22.0. The minimum Gasteiger partial charge on any atom is -0.240 e. The third-order valence-electron chi connectivity index (χ3n) is 1.34. The lowest BCUT2D eigenvalue weighted by atomic mass is 10.7. The first-order chi connectivity index (χ1) is 9.57. The van der Waals surface area contributed by atoms with Crippen LogP contribution in [0.5, 0.6) is 0 Å². The molecular formula is C12H11N8+. The molecule has 0 aliphatic carbocycles. The zero-order valence-corrected chi connectivity index (χ0v) is 11.0. The van der Waals surface area contributed by atoms with Crippen LogP contribution in [0.3, 0.4) is 0 Å². The number of hydrogen-bond donors (Lipinski definition) is 0. The zero-order chi connectivity index (χ0) is 16.2. The highest BCUT2D eigenvalue weighted by molar-refractivity contribution is 5.00. The second-order valence-electron chi connectivity index (χ2n) is 2.58. The Morgan fingerprint density at radius 3 is 1.30 bits per heavy atom. The van der Waals surface area contributed by atoms with E-state index in [1.807, 2.05) is 17.8 Å². The van der Waals surface area contributed by atoms with Gasteiger partial charge in [0.05, 0.1) is 13.6 Å². The average Bonchev–Trinajstić information content (AvgIpc) is 2.93. The second-order valence-corrected chi connectivity index (χ2v) is 2.58. The van der Waals surface area contributed by atoms with Gasteiger partial charge in [0, 0.05) is 0 Å². The van der Waals surface area contributed by atoms with Crippen molar-refractivity contribution in [2.75, 3.05) is 0 Å². The highest BCUT2D eigenvalue weighted by atomic mass is 15.1. The average molecular weight is 267 g/mol. The predicted molar refractivity (Wildman–Crippen MR) is 65.0 cm³/mol. The molecule has 0 fully saturated rings. The summed E-state index contributed by atoms with van der Waals surface area (Å²) in [6, 6.07) is 7.42. The molecule has 0 saturated heterocycles. The van der Waals surface area contributed by atoms with E-state index in [1.54, 1.807) is 0 Å². The van der Waals surface area contributed by atoms with Gasteiger partial charge in [0.1, 0.15) is 12.4 Å². The molecule has 0 aliphatic rings. The number of rotatable bonds is 1. The summed E-state index contributed by atoms with van der Waals surface area (Å²) in [7, 11) is 2.02. The third-order valence-corrected chi connectivity index (χ3v) is 1.34. The summed E-state index contributed by atoms with van der Waals surface area (Å²) in [6.07, 6.45) is 6.14. The van der Waals surface area contributed by atoms with Crippen LogP contribution in [-0.2, 0) is 13.6 Å². The van der Waals surface area contributed by atoms with Gasteiger partial charge in [-0.05, 0) is 6.92 Å². The van der Waals surface area contributed by atoms with Gasteiger partial charge in [0.15, 0.2) is 36.4 Å². The minimum atomic E-state index is 1.06. The first-order valence-corrected chi connectivity index (χ1v) is 4.93. The van der Waals surface area contributed by atoms with Crippen LogP contribution in [0.15, 0.2) is 18.7 Å². The lowest BCUT2D eigenvalue weighted by Crippen LogP contribution is -2.23. The SMILES string of the molecule is CCn1cc[n+](C)c1.N#CC#N.N#CC#N.N#CC#N. The van der Waals surface area contributed by atoms with Crippen molar-refractivity contribution in [3.05, 3.63) is 18.7 Å². The van der Waals surface area contributed by atoms with Crippen molar-refractivity contribution in [1.29, 1.82) is 31.6 Å². The maximum atomic E-state index is 7.26. The van der Waals surface area contributed by atoms with E-state index >= 15 is 0 Å². The highest BCUT2D eigenvalue weighted by Crippen LogP contribution is 1.79. The summed E-state index contributed by atoms with van der Waals surface area (Å²) in [6.45, 7) is 3.18. The van der Waals surface area contributed by atoms with Crippen molar-refractivity contribution >= 4 is 0 Å². The Balaban J connectivity index is -0.000000209. The van der Waals surface area contributed by atoms with E-state index in [2.05, 4.69) is 24.0 Å². The van der Waals surface area contributed by atoms with Crippen LogP contribution in [0.1, 0.15) is 6.92 Å². The number of aryl methyl sites for hydroxylation is 2. The molecule has 98 valence electrons. The van der Waals surface area contributed by atoms with E-state index in [0.29, 0.717) is 0 Å².